The molecule has 0 heterocycles. The van der Waals surface area contributed by atoms with Gasteiger partial charge < -0.3 is 5.32 Å². The number of rotatable bonds is 6. The van der Waals surface area contributed by atoms with Gasteiger partial charge in [0.2, 0.25) is 0 Å². The summed E-state index contributed by atoms with van der Waals surface area (Å²) < 4.78 is 93.3. The van der Waals surface area contributed by atoms with E-state index in [-0.39, 0.29) is 28.7 Å². The number of aryl methyl sites for hydroxylation is 2. The summed E-state index contributed by atoms with van der Waals surface area (Å²) >= 11 is 0. The summed E-state index contributed by atoms with van der Waals surface area (Å²) in [6.45, 7) is 2.42. The normalized spacial score (nSPS) is 12.4. The average Bonchev–Trinajstić information content (AvgIpc) is 2.79. The van der Waals surface area contributed by atoms with Gasteiger partial charge in [-0.1, -0.05) is 42.5 Å². The molecule has 3 rings (SSSR count). The maximum absolute atomic E-state index is 14.5. The Morgan fingerprint density at radius 1 is 0.722 bits per heavy atom. The molecular formula is C26H20F7NO2. The standard InChI is InChI=1S/C26H20F7NO2/c1-15-11-19(24(27,25(28,29)30)26(31,32)33)12-16(2)21(15)14-22(35)18-9-6-10-20(13-18)34-23(36)17-7-4-3-5-8-17/h3-13H,14H2,1-2H3,(H,34,36). The molecule has 0 saturated heterocycles. The summed E-state index contributed by atoms with van der Waals surface area (Å²) in [5.74, 6) is -0.908. The highest BCUT2D eigenvalue weighted by atomic mass is 19.4. The lowest BCUT2D eigenvalue weighted by Crippen LogP contribution is -2.50. The molecule has 0 radical (unpaired) electrons. The summed E-state index contributed by atoms with van der Waals surface area (Å²) in [6, 6.07) is 15.2. The smallest absolute Gasteiger partial charge is 0.322 e. The number of ketones is 1. The van der Waals surface area contributed by atoms with Crippen LogP contribution in [0.2, 0.25) is 0 Å². The van der Waals surface area contributed by atoms with E-state index in [2.05, 4.69) is 5.32 Å². The molecule has 3 nitrogen and oxygen atoms in total. The van der Waals surface area contributed by atoms with Crippen molar-refractivity contribution in [2.45, 2.75) is 38.3 Å². The van der Waals surface area contributed by atoms with Crippen molar-refractivity contribution in [2.75, 3.05) is 5.32 Å². The Morgan fingerprint density at radius 2 is 1.25 bits per heavy atom. The number of Topliss-reactive ketones (excluding diaryl/α,β-unsaturated/α-hetero) is 1. The van der Waals surface area contributed by atoms with Gasteiger partial charge in [-0.2, -0.15) is 26.3 Å². The second-order valence-electron chi connectivity index (χ2n) is 8.24. The van der Waals surface area contributed by atoms with E-state index in [1.54, 1.807) is 36.4 Å². The largest absolute Gasteiger partial charge is 0.435 e. The van der Waals surface area contributed by atoms with Crippen molar-refractivity contribution in [3.8, 4) is 0 Å². The van der Waals surface area contributed by atoms with Crippen molar-refractivity contribution >= 4 is 17.4 Å². The number of amides is 1. The zero-order valence-electron chi connectivity index (χ0n) is 19.0. The fraction of sp³-hybridized carbons (Fsp3) is 0.231. The van der Waals surface area contributed by atoms with E-state index in [1.807, 2.05) is 0 Å². The molecule has 0 unspecified atom stereocenters. The summed E-state index contributed by atoms with van der Waals surface area (Å²) in [5.41, 5.74) is -6.30. The molecule has 0 aliphatic rings. The van der Waals surface area contributed by atoms with E-state index in [9.17, 15) is 40.3 Å². The van der Waals surface area contributed by atoms with Gasteiger partial charge in [-0.05, 0) is 54.8 Å². The third kappa shape index (κ3) is 5.27. The third-order valence-corrected chi connectivity index (χ3v) is 5.69. The predicted octanol–water partition coefficient (Wildman–Crippen LogP) is 7.27. The summed E-state index contributed by atoms with van der Waals surface area (Å²) in [5, 5.41) is 2.65. The zero-order valence-corrected chi connectivity index (χ0v) is 19.0. The van der Waals surface area contributed by atoms with Crippen LogP contribution in [-0.4, -0.2) is 24.0 Å². The van der Waals surface area contributed by atoms with Gasteiger partial charge in [-0.15, -0.1) is 0 Å². The van der Waals surface area contributed by atoms with Crippen LogP contribution in [0.15, 0.2) is 66.7 Å². The Labute approximate surface area is 201 Å². The van der Waals surface area contributed by atoms with Gasteiger partial charge in [0, 0.05) is 28.8 Å². The first kappa shape index (κ1) is 26.9. The maximum Gasteiger partial charge on any atom is 0.435 e. The van der Waals surface area contributed by atoms with Crippen LogP contribution in [0.3, 0.4) is 0 Å². The van der Waals surface area contributed by atoms with Crippen molar-refractivity contribution in [3.63, 3.8) is 0 Å². The van der Waals surface area contributed by atoms with Crippen LogP contribution in [0, 0.1) is 13.8 Å². The Balaban J connectivity index is 1.87. The molecule has 0 fully saturated rings. The Hall–Kier alpha value is -3.69. The van der Waals surface area contributed by atoms with Gasteiger partial charge in [0.05, 0.1) is 0 Å². The van der Waals surface area contributed by atoms with E-state index >= 15 is 0 Å². The summed E-state index contributed by atoms with van der Waals surface area (Å²) in [4.78, 5) is 25.2. The lowest BCUT2D eigenvalue weighted by molar-refractivity contribution is -0.348. The molecule has 3 aromatic carbocycles. The van der Waals surface area contributed by atoms with Crippen molar-refractivity contribution < 1.29 is 40.3 Å². The van der Waals surface area contributed by atoms with Crippen molar-refractivity contribution in [1.29, 1.82) is 0 Å². The SMILES string of the molecule is Cc1cc(C(F)(C(F)(F)F)C(F)(F)F)cc(C)c1CC(=O)c1cccc(NC(=O)c2ccccc2)c1. The van der Waals surface area contributed by atoms with Gasteiger partial charge in [-0.3, -0.25) is 9.59 Å². The first-order valence-corrected chi connectivity index (χ1v) is 10.6. The van der Waals surface area contributed by atoms with Crippen LogP contribution < -0.4 is 5.32 Å². The van der Waals surface area contributed by atoms with Crippen LogP contribution in [0.4, 0.5) is 36.4 Å². The maximum atomic E-state index is 14.5. The van der Waals surface area contributed by atoms with E-state index < -0.39 is 35.3 Å². The molecule has 10 heteroatoms. The lowest BCUT2D eigenvalue weighted by Gasteiger charge is -2.31. The highest BCUT2D eigenvalue weighted by Crippen LogP contribution is 2.53. The Bertz CT molecular complexity index is 1240. The Kier molecular flexibility index (Phi) is 7.29. The van der Waals surface area contributed by atoms with Gasteiger partial charge in [0.15, 0.2) is 5.78 Å². The minimum Gasteiger partial charge on any atom is -0.322 e. The lowest BCUT2D eigenvalue weighted by atomic mass is 9.87. The number of carbonyl (C=O) groups excluding carboxylic acids is 2. The van der Waals surface area contributed by atoms with Crippen LogP contribution >= 0.6 is 0 Å². The Morgan fingerprint density at radius 3 is 1.78 bits per heavy atom. The first-order valence-electron chi connectivity index (χ1n) is 10.6. The van der Waals surface area contributed by atoms with Gasteiger partial charge in [0.25, 0.3) is 5.91 Å². The van der Waals surface area contributed by atoms with Crippen LogP contribution in [0.25, 0.3) is 0 Å². The third-order valence-electron chi connectivity index (χ3n) is 5.69. The van der Waals surface area contributed by atoms with E-state index in [4.69, 9.17) is 0 Å². The molecule has 0 aromatic heterocycles. The van der Waals surface area contributed by atoms with Crippen LogP contribution in [-0.2, 0) is 12.1 Å². The van der Waals surface area contributed by atoms with Crippen LogP contribution in [0.5, 0.6) is 0 Å². The molecule has 1 amide bonds. The fourth-order valence-electron chi connectivity index (χ4n) is 3.78. The van der Waals surface area contributed by atoms with Crippen molar-refractivity contribution in [3.05, 3.63) is 100 Å². The second kappa shape index (κ2) is 9.75. The highest BCUT2D eigenvalue weighted by molar-refractivity contribution is 6.05. The quantitative estimate of drug-likeness (QED) is 0.280. The number of anilines is 1. The molecule has 0 bridgehead atoms. The summed E-state index contributed by atoms with van der Waals surface area (Å²) in [6.07, 6.45) is -12.8. The molecule has 0 aliphatic carbocycles. The van der Waals surface area contributed by atoms with E-state index in [0.29, 0.717) is 23.4 Å². The number of alkyl halides is 7. The predicted molar refractivity (Wildman–Crippen MR) is 120 cm³/mol. The number of hydrogen-bond acceptors (Lipinski definition) is 2. The van der Waals surface area contributed by atoms with Gasteiger partial charge >= 0.3 is 18.0 Å². The van der Waals surface area contributed by atoms with Crippen molar-refractivity contribution in [1.82, 2.24) is 0 Å². The van der Waals surface area contributed by atoms with Crippen LogP contribution in [0.1, 0.15) is 43.0 Å². The molecule has 190 valence electrons. The average molecular weight is 511 g/mol. The number of halogens is 7. The van der Waals surface area contributed by atoms with Crippen molar-refractivity contribution in [2.24, 2.45) is 0 Å². The second-order valence-corrected chi connectivity index (χ2v) is 8.24. The number of benzene rings is 3. The fourth-order valence-corrected chi connectivity index (χ4v) is 3.78. The molecule has 0 saturated carbocycles. The molecule has 36 heavy (non-hydrogen) atoms. The molecular weight excluding hydrogens is 491 g/mol. The molecule has 0 aliphatic heterocycles. The van der Waals surface area contributed by atoms with Gasteiger partial charge in [0.1, 0.15) is 0 Å². The molecule has 0 atom stereocenters. The minimum atomic E-state index is -6.23. The molecule has 1 N–H and O–H groups in total. The number of nitrogens with one attached hydrogen (secondary N) is 1. The van der Waals surface area contributed by atoms with E-state index in [0.717, 1.165) is 0 Å². The molecule has 3 aromatic rings. The minimum absolute atomic E-state index is 0.0950. The first-order chi connectivity index (χ1) is 16.6. The van der Waals surface area contributed by atoms with Gasteiger partial charge in [-0.25, -0.2) is 4.39 Å². The monoisotopic (exact) mass is 511 g/mol. The number of hydrogen-bond donors (Lipinski definition) is 1. The molecule has 0 spiro atoms. The van der Waals surface area contributed by atoms with E-state index in [1.165, 1.54) is 32.0 Å². The zero-order chi connectivity index (χ0) is 26.9. The topological polar surface area (TPSA) is 46.2 Å². The highest BCUT2D eigenvalue weighted by Gasteiger charge is 2.73. The number of carbonyl (C=O) groups is 2. The summed E-state index contributed by atoms with van der Waals surface area (Å²) in [7, 11) is 0.